The van der Waals surface area contributed by atoms with Crippen LogP contribution in [0.1, 0.15) is 50.3 Å². The number of nitrogens with one attached hydrogen (secondary N) is 3. The highest BCUT2D eigenvalue weighted by molar-refractivity contribution is 5.74. The van der Waals surface area contributed by atoms with Crippen LogP contribution in [0.3, 0.4) is 0 Å². The maximum Gasteiger partial charge on any atom is 0.407 e. The van der Waals surface area contributed by atoms with Gasteiger partial charge in [-0.1, -0.05) is 54.6 Å². The number of piperidine rings is 1. The zero-order chi connectivity index (χ0) is 23.7. The summed E-state index contributed by atoms with van der Waals surface area (Å²) in [6.07, 6.45) is 1.46. The summed E-state index contributed by atoms with van der Waals surface area (Å²) >= 11 is 0. The molecule has 178 valence electrons. The van der Waals surface area contributed by atoms with Crippen molar-refractivity contribution < 1.29 is 14.3 Å². The second kappa shape index (κ2) is 11.7. The number of carbonyl (C=O) groups excluding carboxylic acids is 2. The summed E-state index contributed by atoms with van der Waals surface area (Å²) in [5.74, 6) is 0. The molecule has 0 aliphatic carbocycles. The van der Waals surface area contributed by atoms with Crippen LogP contribution < -0.4 is 16.0 Å². The molecule has 3 amide bonds. The van der Waals surface area contributed by atoms with Gasteiger partial charge in [0, 0.05) is 38.8 Å². The van der Waals surface area contributed by atoms with E-state index in [1.807, 2.05) is 51.1 Å². The lowest BCUT2D eigenvalue weighted by atomic mass is 10.0. The Bertz CT molecular complexity index is 903. The molecule has 3 rings (SSSR count). The van der Waals surface area contributed by atoms with E-state index in [1.54, 1.807) is 0 Å². The number of alkyl carbamates (subject to hydrolysis) is 1. The van der Waals surface area contributed by atoms with Crippen molar-refractivity contribution >= 4 is 12.1 Å². The van der Waals surface area contributed by atoms with Crippen molar-refractivity contribution in [3.8, 4) is 0 Å². The molecule has 1 aliphatic rings. The molecule has 1 saturated heterocycles. The number of nitrogens with zero attached hydrogens (tertiary/aromatic N) is 1. The summed E-state index contributed by atoms with van der Waals surface area (Å²) in [6.45, 7) is 9.21. The molecule has 7 heteroatoms. The minimum atomic E-state index is -0.526. The fourth-order valence-electron chi connectivity index (χ4n) is 3.83. The monoisotopic (exact) mass is 452 g/mol. The Hall–Kier alpha value is -3.06. The van der Waals surface area contributed by atoms with Gasteiger partial charge in [0.2, 0.25) is 0 Å². The van der Waals surface area contributed by atoms with Gasteiger partial charge in [0.1, 0.15) is 5.60 Å². The van der Waals surface area contributed by atoms with E-state index < -0.39 is 11.7 Å². The lowest BCUT2D eigenvalue weighted by Crippen LogP contribution is -2.47. The molecule has 0 unspecified atom stereocenters. The molecule has 0 bridgehead atoms. The van der Waals surface area contributed by atoms with E-state index in [4.69, 9.17) is 4.74 Å². The Balaban J connectivity index is 1.36. The molecule has 0 atom stereocenters. The molecule has 3 N–H and O–H groups in total. The van der Waals surface area contributed by atoms with Gasteiger partial charge in [0.15, 0.2) is 0 Å². The van der Waals surface area contributed by atoms with E-state index in [2.05, 4.69) is 45.1 Å². The highest BCUT2D eigenvalue weighted by Crippen LogP contribution is 2.14. The van der Waals surface area contributed by atoms with Gasteiger partial charge in [-0.3, -0.25) is 4.90 Å². The molecule has 2 aromatic carbocycles. The van der Waals surface area contributed by atoms with Crippen LogP contribution in [0, 0.1) is 0 Å². The van der Waals surface area contributed by atoms with E-state index in [-0.39, 0.29) is 12.1 Å². The first-order valence-electron chi connectivity index (χ1n) is 11.6. The zero-order valence-electron chi connectivity index (χ0n) is 19.9. The molecule has 1 fully saturated rings. The van der Waals surface area contributed by atoms with E-state index in [0.717, 1.165) is 43.6 Å². The van der Waals surface area contributed by atoms with E-state index in [9.17, 15) is 9.59 Å². The van der Waals surface area contributed by atoms with Crippen molar-refractivity contribution in [2.45, 2.75) is 64.9 Å². The number of benzene rings is 2. The maximum atomic E-state index is 12.4. The zero-order valence-corrected chi connectivity index (χ0v) is 19.9. The van der Waals surface area contributed by atoms with Crippen LogP contribution in [0.25, 0.3) is 0 Å². The van der Waals surface area contributed by atoms with Crippen LogP contribution in [0.15, 0.2) is 54.6 Å². The van der Waals surface area contributed by atoms with Crippen molar-refractivity contribution in [3.05, 3.63) is 71.3 Å². The third kappa shape index (κ3) is 9.14. The van der Waals surface area contributed by atoms with Gasteiger partial charge >= 0.3 is 12.1 Å². The van der Waals surface area contributed by atoms with Gasteiger partial charge in [-0.2, -0.15) is 0 Å². The van der Waals surface area contributed by atoms with Gasteiger partial charge in [-0.05, 0) is 50.3 Å². The maximum absolute atomic E-state index is 12.4. The van der Waals surface area contributed by atoms with Crippen LogP contribution in [-0.4, -0.2) is 41.8 Å². The summed E-state index contributed by atoms with van der Waals surface area (Å²) in [5, 5.41) is 8.80. The van der Waals surface area contributed by atoms with Crippen molar-refractivity contribution in [2.75, 3.05) is 13.1 Å². The third-order valence-electron chi connectivity index (χ3n) is 5.45. The molecular formula is C26H36N4O3. The molecule has 0 radical (unpaired) electrons. The van der Waals surface area contributed by atoms with Gasteiger partial charge < -0.3 is 20.7 Å². The van der Waals surface area contributed by atoms with Crippen LogP contribution in [-0.2, 0) is 24.4 Å². The summed E-state index contributed by atoms with van der Waals surface area (Å²) in [7, 11) is 0. The quantitative estimate of drug-likeness (QED) is 0.589. The average Bonchev–Trinajstić information content (AvgIpc) is 2.78. The van der Waals surface area contributed by atoms with Crippen molar-refractivity contribution in [1.29, 1.82) is 0 Å². The standard InChI is InChI=1S/C26H36N4O3/c1-26(2,3)33-25(32)28-18-22-11-7-10-21(16-22)17-27-24(31)29-23-12-14-30(15-13-23)19-20-8-5-4-6-9-20/h4-11,16,23H,12-15,17-19H2,1-3H3,(H,28,32)(H2,27,29,31). The number of rotatable bonds is 7. The first-order chi connectivity index (χ1) is 15.8. The summed E-state index contributed by atoms with van der Waals surface area (Å²) in [6, 6.07) is 18.3. The van der Waals surface area contributed by atoms with Gasteiger partial charge in [-0.15, -0.1) is 0 Å². The van der Waals surface area contributed by atoms with Crippen LogP contribution in [0.5, 0.6) is 0 Å². The highest BCUT2D eigenvalue weighted by atomic mass is 16.6. The number of likely N-dealkylation sites (tertiary alicyclic amines) is 1. The Labute approximate surface area is 196 Å². The Morgan fingerprint density at radius 2 is 1.52 bits per heavy atom. The summed E-state index contributed by atoms with van der Waals surface area (Å²) < 4.78 is 5.26. The normalized spacial score (nSPS) is 15.0. The smallest absolute Gasteiger partial charge is 0.407 e. The number of hydrogen-bond acceptors (Lipinski definition) is 4. The highest BCUT2D eigenvalue weighted by Gasteiger charge is 2.20. The molecule has 2 aromatic rings. The number of amides is 3. The van der Waals surface area contributed by atoms with Gasteiger partial charge in [0.25, 0.3) is 0 Å². The second-order valence-electron chi connectivity index (χ2n) is 9.54. The summed E-state index contributed by atoms with van der Waals surface area (Å²) in [4.78, 5) is 26.6. The Morgan fingerprint density at radius 1 is 0.909 bits per heavy atom. The largest absolute Gasteiger partial charge is 0.444 e. The molecule has 33 heavy (non-hydrogen) atoms. The predicted molar refractivity (Wildman–Crippen MR) is 130 cm³/mol. The van der Waals surface area contributed by atoms with Gasteiger partial charge in [-0.25, -0.2) is 9.59 Å². The van der Waals surface area contributed by atoms with E-state index >= 15 is 0 Å². The van der Waals surface area contributed by atoms with Crippen molar-refractivity contribution in [1.82, 2.24) is 20.9 Å². The minimum absolute atomic E-state index is 0.145. The average molecular weight is 453 g/mol. The summed E-state index contributed by atoms with van der Waals surface area (Å²) in [5.41, 5.74) is 2.73. The molecule has 1 aliphatic heterocycles. The van der Waals surface area contributed by atoms with Gasteiger partial charge in [0.05, 0.1) is 0 Å². The Morgan fingerprint density at radius 3 is 2.15 bits per heavy atom. The molecule has 0 spiro atoms. The number of ether oxygens (including phenoxy) is 1. The van der Waals surface area contributed by atoms with Crippen LogP contribution in [0.4, 0.5) is 9.59 Å². The van der Waals surface area contributed by atoms with E-state index in [1.165, 1.54) is 5.56 Å². The number of carbonyl (C=O) groups is 2. The lowest BCUT2D eigenvalue weighted by molar-refractivity contribution is 0.0523. The molecule has 0 aromatic heterocycles. The Kier molecular flexibility index (Phi) is 8.72. The third-order valence-corrected chi connectivity index (χ3v) is 5.45. The lowest BCUT2D eigenvalue weighted by Gasteiger charge is -2.32. The fourth-order valence-corrected chi connectivity index (χ4v) is 3.83. The van der Waals surface area contributed by atoms with E-state index in [0.29, 0.717) is 13.1 Å². The van der Waals surface area contributed by atoms with Crippen LogP contribution >= 0.6 is 0 Å². The number of urea groups is 1. The molecule has 0 saturated carbocycles. The SMILES string of the molecule is CC(C)(C)OC(=O)NCc1cccc(CNC(=O)NC2CCN(Cc3ccccc3)CC2)c1. The molecular weight excluding hydrogens is 416 g/mol. The fraction of sp³-hybridized carbons (Fsp3) is 0.462. The molecule has 1 heterocycles. The predicted octanol–water partition coefficient (Wildman–Crippen LogP) is 4.18. The van der Waals surface area contributed by atoms with Crippen molar-refractivity contribution in [2.24, 2.45) is 0 Å². The van der Waals surface area contributed by atoms with Crippen LogP contribution in [0.2, 0.25) is 0 Å². The topological polar surface area (TPSA) is 82.7 Å². The minimum Gasteiger partial charge on any atom is -0.444 e. The first-order valence-corrected chi connectivity index (χ1v) is 11.6. The molecule has 7 nitrogen and oxygen atoms in total. The number of hydrogen-bond donors (Lipinski definition) is 3. The second-order valence-corrected chi connectivity index (χ2v) is 9.54. The first kappa shape index (κ1) is 24.6. The van der Waals surface area contributed by atoms with Crippen molar-refractivity contribution in [3.63, 3.8) is 0 Å².